The van der Waals surface area contributed by atoms with E-state index in [9.17, 15) is 5.11 Å². The van der Waals surface area contributed by atoms with E-state index in [0.717, 1.165) is 61.4 Å². The average molecular weight is 659 g/mol. The van der Waals surface area contributed by atoms with Crippen LogP contribution in [0.2, 0.25) is 0 Å². The highest BCUT2D eigenvalue weighted by Crippen LogP contribution is 2.42. The van der Waals surface area contributed by atoms with Crippen LogP contribution in [0.3, 0.4) is 0 Å². The number of benzene rings is 6. The number of aromatic hydroxyl groups is 1. The van der Waals surface area contributed by atoms with Crippen LogP contribution in [0.4, 0.5) is 0 Å². The van der Waals surface area contributed by atoms with Gasteiger partial charge in [0.2, 0.25) is 0 Å². The minimum absolute atomic E-state index is 0.165. The molecule has 0 bridgehead atoms. The number of nitrogens with zero attached hydrogens (tertiary/aromatic N) is 2. The summed E-state index contributed by atoms with van der Waals surface area (Å²) < 4.78 is 29.3. The standard InChI is InChI=1S/C47H46N2O/c1-29(2)37-17-14-18-38(30(3)4)46(37)49-43-20-13-12-19-42(43)48(8)47(49)45-32(6)22-25-39(33(45)7)40-26-24-36(28-44(40)50)35-23-21-31(5)41(27-35)34-15-10-9-11-16-34/h9-30H,1-8H3/p+1/i5D3. The maximum Gasteiger partial charge on any atom is 0.295 e. The molecule has 0 radical (unpaired) electrons. The Morgan fingerprint density at radius 1 is 0.620 bits per heavy atom. The van der Waals surface area contributed by atoms with E-state index in [1.54, 1.807) is 12.1 Å². The van der Waals surface area contributed by atoms with Crippen LogP contribution in [0.1, 0.15) is 71.5 Å². The first kappa shape index (κ1) is 29.5. The molecular weight excluding hydrogens is 609 g/mol. The number of para-hydroxylation sites is 3. The summed E-state index contributed by atoms with van der Waals surface area (Å²) in [7, 11) is 2.15. The van der Waals surface area contributed by atoms with Crippen LogP contribution >= 0.6 is 0 Å². The van der Waals surface area contributed by atoms with Gasteiger partial charge in [0.05, 0.1) is 12.6 Å². The van der Waals surface area contributed by atoms with Gasteiger partial charge in [-0.2, -0.15) is 4.57 Å². The maximum atomic E-state index is 11.7. The third-order valence-electron chi connectivity index (χ3n) is 10.2. The topological polar surface area (TPSA) is 29.0 Å². The van der Waals surface area contributed by atoms with Crippen molar-refractivity contribution in [1.29, 1.82) is 0 Å². The Morgan fingerprint density at radius 3 is 1.92 bits per heavy atom. The zero-order chi connectivity index (χ0) is 37.8. The number of rotatable bonds is 7. The first-order valence-corrected chi connectivity index (χ1v) is 17.5. The van der Waals surface area contributed by atoms with Crippen LogP contribution in [0, 0.1) is 20.7 Å². The molecule has 0 atom stereocenters. The SMILES string of the molecule is [2H]C([2H])([2H])c1ccc(-c2ccc(-c3ccc(C)c(-c4n(-c5c(C(C)C)cccc5C(C)C)c5ccccc5[n+]4C)c3C)c(O)c2)cc1-c1ccccc1. The van der Waals surface area contributed by atoms with Crippen molar-refractivity contribution in [1.82, 2.24) is 4.57 Å². The van der Waals surface area contributed by atoms with Gasteiger partial charge in [-0.1, -0.05) is 125 Å². The van der Waals surface area contributed by atoms with E-state index < -0.39 is 6.85 Å². The fourth-order valence-electron chi connectivity index (χ4n) is 7.59. The molecule has 6 aromatic carbocycles. The molecule has 1 aromatic heterocycles. The number of imidazole rings is 1. The molecule has 3 heteroatoms. The lowest BCUT2D eigenvalue weighted by Gasteiger charge is -2.20. The van der Waals surface area contributed by atoms with Crippen molar-refractivity contribution < 1.29 is 13.8 Å². The smallest absolute Gasteiger partial charge is 0.295 e. The van der Waals surface area contributed by atoms with Crippen LogP contribution in [-0.2, 0) is 7.05 Å². The Balaban J connectivity index is 1.41. The number of phenols is 1. The Hall–Kier alpha value is -5.41. The van der Waals surface area contributed by atoms with Crippen molar-refractivity contribution in [2.75, 3.05) is 0 Å². The van der Waals surface area contributed by atoms with E-state index in [1.165, 1.54) is 16.8 Å². The number of hydrogen-bond acceptors (Lipinski definition) is 1. The number of hydrogen-bond donors (Lipinski definition) is 1. The Bertz CT molecular complexity index is 2460. The summed E-state index contributed by atoms with van der Waals surface area (Å²) in [6.45, 7) is 11.1. The van der Waals surface area contributed by atoms with E-state index in [-0.39, 0.29) is 5.75 Å². The van der Waals surface area contributed by atoms with E-state index >= 15 is 0 Å². The van der Waals surface area contributed by atoms with Gasteiger partial charge < -0.3 is 5.11 Å². The highest BCUT2D eigenvalue weighted by molar-refractivity contribution is 5.86. The molecule has 0 amide bonds. The molecule has 1 heterocycles. The van der Waals surface area contributed by atoms with Gasteiger partial charge in [0, 0.05) is 20.8 Å². The van der Waals surface area contributed by atoms with Gasteiger partial charge in [-0.15, -0.1) is 0 Å². The van der Waals surface area contributed by atoms with Gasteiger partial charge in [-0.05, 0) is 101 Å². The fourth-order valence-corrected chi connectivity index (χ4v) is 7.59. The molecule has 0 aliphatic rings. The number of aromatic nitrogens is 2. The second-order valence-electron chi connectivity index (χ2n) is 14.1. The predicted molar refractivity (Wildman–Crippen MR) is 210 cm³/mol. The summed E-state index contributed by atoms with van der Waals surface area (Å²) in [5, 5.41) is 11.7. The summed E-state index contributed by atoms with van der Waals surface area (Å²) in [4.78, 5) is 0. The Morgan fingerprint density at radius 2 is 1.24 bits per heavy atom. The van der Waals surface area contributed by atoms with Gasteiger partial charge in [0.1, 0.15) is 11.4 Å². The highest BCUT2D eigenvalue weighted by Gasteiger charge is 2.32. The normalized spacial score (nSPS) is 12.8. The molecule has 1 N–H and O–H groups in total. The van der Waals surface area contributed by atoms with Crippen LogP contribution < -0.4 is 4.57 Å². The molecule has 0 unspecified atom stereocenters. The molecule has 0 fully saturated rings. The summed E-state index contributed by atoms with van der Waals surface area (Å²) in [6.07, 6.45) is 0. The van der Waals surface area contributed by atoms with Crippen molar-refractivity contribution in [2.24, 2.45) is 7.05 Å². The lowest BCUT2D eigenvalue weighted by Crippen LogP contribution is -2.31. The number of aryl methyl sites for hydroxylation is 3. The summed E-state index contributed by atoms with van der Waals surface area (Å²) >= 11 is 0. The summed E-state index contributed by atoms with van der Waals surface area (Å²) in [5.74, 6) is 1.90. The lowest BCUT2D eigenvalue weighted by atomic mass is 9.89. The number of phenolic OH excluding ortho intramolecular Hbond substituents is 1. The maximum absolute atomic E-state index is 11.7. The molecular formula is C47H47N2O+. The van der Waals surface area contributed by atoms with Crippen LogP contribution in [0.25, 0.3) is 61.5 Å². The zero-order valence-corrected chi connectivity index (χ0v) is 30.0. The molecule has 0 saturated carbocycles. The Labute approximate surface area is 301 Å². The molecule has 250 valence electrons. The van der Waals surface area contributed by atoms with Gasteiger partial charge in [0.25, 0.3) is 5.82 Å². The largest absolute Gasteiger partial charge is 0.507 e. The molecule has 3 nitrogen and oxygen atoms in total. The van der Waals surface area contributed by atoms with Crippen LogP contribution in [-0.4, -0.2) is 9.67 Å². The van der Waals surface area contributed by atoms with Crippen molar-refractivity contribution in [3.05, 3.63) is 149 Å². The van der Waals surface area contributed by atoms with Crippen LogP contribution in [0.5, 0.6) is 5.75 Å². The molecule has 0 spiro atoms. The second kappa shape index (κ2) is 13.1. The van der Waals surface area contributed by atoms with E-state index in [4.69, 9.17) is 4.11 Å². The molecule has 0 aliphatic carbocycles. The Kier molecular flexibility index (Phi) is 7.75. The molecule has 0 aliphatic heterocycles. The predicted octanol–water partition coefficient (Wildman–Crippen LogP) is 12.0. The molecule has 50 heavy (non-hydrogen) atoms. The lowest BCUT2D eigenvalue weighted by molar-refractivity contribution is -0.633. The van der Waals surface area contributed by atoms with Crippen LogP contribution in [0.15, 0.2) is 121 Å². The zero-order valence-electron chi connectivity index (χ0n) is 33.0. The van der Waals surface area contributed by atoms with E-state index in [2.05, 4.69) is 112 Å². The van der Waals surface area contributed by atoms with Crippen molar-refractivity contribution >= 4 is 11.0 Å². The van der Waals surface area contributed by atoms with E-state index in [0.29, 0.717) is 23.0 Å². The summed E-state index contributed by atoms with van der Waals surface area (Å²) in [5.41, 5.74) is 14.6. The third-order valence-corrected chi connectivity index (χ3v) is 10.2. The van der Waals surface area contributed by atoms with Crippen molar-refractivity contribution in [3.8, 4) is 56.2 Å². The molecule has 7 rings (SSSR count). The minimum atomic E-state index is -2.26. The van der Waals surface area contributed by atoms with Gasteiger partial charge >= 0.3 is 0 Å². The van der Waals surface area contributed by atoms with Crippen molar-refractivity contribution in [3.63, 3.8) is 0 Å². The first-order chi connectivity index (χ1) is 25.3. The summed E-state index contributed by atoms with van der Waals surface area (Å²) in [6, 6.07) is 40.4. The van der Waals surface area contributed by atoms with Crippen molar-refractivity contribution in [2.45, 2.75) is 60.2 Å². The van der Waals surface area contributed by atoms with E-state index in [1.807, 2.05) is 54.6 Å². The van der Waals surface area contributed by atoms with Gasteiger partial charge in [-0.3, -0.25) is 0 Å². The average Bonchev–Trinajstić information content (AvgIpc) is 3.42. The monoisotopic (exact) mass is 658 g/mol. The molecule has 7 aromatic rings. The quantitative estimate of drug-likeness (QED) is 0.170. The fraction of sp³-hybridized carbons (Fsp3) is 0.213. The number of fused-ring (bicyclic) bond motifs is 1. The second-order valence-corrected chi connectivity index (χ2v) is 14.1. The minimum Gasteiger partial charge on any atom is -0.507 e. The first-order valence-electron chi connectivity index (χ1n) is 19.0. The highest BCUT2D eigenvalue weighted by atomic mass is 16.3. The van der Waals surface area contributed by atoms with Gasteiger partial charge in [-0.25, -0.2) is 4.57 Å². The third kappa shape index (κ3) is 5.61. The molecule has 0 saturated heterocycles. The van der Waals surface area contributed by atoms with Gasteiger partial charge in [0.15, 0.2) is 11.0 Å².